The van der Waals surface area contributed by atoms with E-state index in [9.17, 15) is 14.5 Å². The zero-order chi connectivity index (χ0) is 14.0. The van der Waals surface area contributed by atoms with E-state index in [1.54, 1.807) is 6.07 Å². The predicted molar refractivity (Wildman–Crippen MR) is 70.1 cm³/mol. The van der Waals surface area contributed by atoms with Crippen molar-refractivity contribution >= 4 is 5.69 Å². The van der Waals surface area contributed by atoms with Crippen molar-refractivity contribution in [2.24, 2.45) is 11.7 Å². The summed E-state index contributed by atoms with van der Waals surface area (Å²) in [7, 11) is 0. The largest absolute Gasteiger partial charge is 0.327 e. The van der Waals surface area contributed by atoms with Gasteiger partial charge in [0.05, 0.1) is 4.92 Å². The van der Waals surface area contributed by atoms with Crippen LogP contribution >= 0.6 is 0 Å². The van der Waals surface area contributed by atoms with Crippen molar-refractivity contribution in [3.8, 4) is 0 Å². The molecule has 2 rings (SSSR count). The molecule has 1 aliphatic rings. The summed E-state index contributed by atoms with van der Waals surface area (Å²) in [6, 6.07) is 4.21. The normalized spacial score (nSPS) is 24.4. The highest BCUT2D eigenvalue weighted by Gasteiger charge is 2.22. The molecule has 2 N–H and O–H groups in total. The van der Waals surface area contributed by atoms with Crippen molar-refractivity contribution < 1.29 is 9.31 Å². The van der Waals surface area contributed by atoms with Crippen LogP contribution in [0.3, 0.4) is 0 Å². The zero-order valence-electron chi connectivity index (χ0n) is 10.9. The van der Waals surface area contributed by atoms with Crippen molar-refractivity contribution in [3.05, 3.63) is 39.7 Å². The maximum absolute atomic E-state index is 13.5. The van der Waals surface area contributed by atoms with Gasteiger partial charge in [0.15, 0.2) is 0 Å². The van der Waals surface area contributed by atoms with E-state index < -0.39 is 16.4 Å². The van der Waals surface area contributed by atoms with E-state index >= 15 is 0 Å². The molecule has 1 fully saturated rings. The molecule has 0 bridgehead atoms. The number of nitrogens with zero attached hydrogens (tertiary/aromatic N) is 2. The first-order valence-corrected chi connectivity index (χ1v) is 6.36. The van der Waals surface area contributed by atoms with E-state index in [2.05, 4.69) is 11.8 Å². The smallest absolute Gasteiger partial charge is 0.304 e. The average Bonchev–Trinajstić information content (AvgIpc) is 2.26. The lowest BCUT2D eigenvalue weighted by atomic mass is 9.96. The first kappa shape index (κ1) is 13.9. The highest BCUT2D eigenvalue weighted by Crippen LogP contribution is 2.21. The molecule has 1 heterocycles. The molecule has 1 aromatic carbocycles. The Hall–Kier alpha value is -1.53. The lowest BCUT2D eigenvalue weighted by molar-refractivity contribution is -0.387. The number of nitro groups is 1. The Kier molecular flexibility index (Phi) is 4.11. The second-order valence-electron chi connectivity index (χ2n) is 5.34. The van der Waals surface area contributed by atoms with Crippen LogP contribution in [0.4, 0.5) is 10.1 Å². The molecule has 5 nitrogen and oxygen atoms in total. The highest BCUT2D eigenvalue weighted by molar-refractivity contribution is 5.35. The van der Waals surface area contributed by atoms with Crippen LogP contribution in [0.5, 0.6) is 0 Å². The number of nitrogens with two attached hydrogens (primary N) is 1. The number of piperidine rings is 1. The number of rotatable bonds is 3. The minimum Gasteiger partial charge on any atom is -0.327 e. The molecule has 0 radical (unpaired) electrons. The van der Waals surface area contributed by atoms with Gasteiger partial charge in [-0.25, -0.2) is 0 Å². The van der Waals surface area contributed by atoms with Gasteiger partial charge in [-0.1, -0.05) is 13.0 Å². The molecule has 0 aromatic heterocycles. The van der Waals surface area contributed by atoms with Gasteiger partial charge in [-0.3, -0.25) is 15.0 Å². The van der Waals surface area contributed by atoms with Gasteiger partial charge >= 0.3 is 5.69 Å². The van der Waals surface area contributed by atoms with Crippen LogP contribution in [-0.2, 0) is 6.54 Å². The Morgan fingerprint density at radius 2 is 2.26 bits per heavy atom. The number of likely N-dealkylation sites (tertiary alicyclic amines) is 1. The first-order chi connectivity index (χ1) is 8.95. The molecule has 0 saturated carbocycles. The lowest BCUT2D eigenvalue weighted by Crippen LogP contribution is -2.45. The third-order valence-electron chi connectivity index (χ3n) is 3.38. The van der Waals surface area contributed by atoms with Crippen molar-refractivity contribution in [1.82, 2.24) is 4.90 Å². The number of benzene rings is 1. The third-order valence-corrected chi connectivity index (χ3v) is 3.38. The molecule has 2 unspecified atom stereocenters. The molecule has 19 heavy (non-hydrogen) atoms. The second-order valence-corrected chi connectivity index (χ2v) is 5.34. The van der Waals surface area contributed by atoms with Crippen molar-refractivity contribution in [1.29, 1.82) is 0 Å². The van der Waals surface area contributed by atoms with Gasteiger partial charge in [-0.2, -0.15) is 4.39 Å². The highest BCUT2D eigenvalue weighted by atomic mass is 19.1. The summed E-state index contributed by atoms with van der Waals surface area (Å²) in [6.45, 7) is 4.42. The molecule has 104 valence electrons. The average molecular weight is 267 g/mol. The summed E-state index contributed by atoms with van der Waals surface area (Å²) in [5.74, 6) is -0.261. The Labute approximate surface area is 111 Å². The fourth-order valence-electron chi connectivity index (χ4n) is 2.70. The maximum Gasteiger partial charge on any atom is 0.304 e. The molecule has 1 aliphatic heterocycles. The minimum atomic E-state index is -0.781. The standard InChI is InChI=1S/C13H18FN3O2/c1-9-4-11(15)8-16(6-9)7-10-2-3-13(17(18)19)12(14)5-10/h2-3,5,9,11H,4,6-8,15H2,1H3. The third kappa shape index (κ3) is 3.48. The topological polar surface area (TPSA) is 72.4 Å². The van der Waals surface area contributed by atoms with E-state index in [4.69, 9.17) is 5.73 Å². The first-order valence-electron chi connectivity index (χ1n) is 6.36. The fourth-order valence-corrected chi connectivity index (χ4v) is 2.70. The van der Waals surface area contributed by atoms with Gasteiger partial charge in [0, 0.05) is 31.7 Å². The van der Waals surface area contributed by atoms with Crippen LogP contribution < -0.4 is 5.73 Å². The molecule has 1 saturated heterocycles. The summed E-state index contributed by atoms with van der Waals surface area (Å²) in [4.78, 5) is 12.0. The molecule has 0 spiro atoms. The van der Waals surface area contributed by atoms with Gasteiger partial charge in [-0.05, 0) is 24.0 Å². The van der Waals surface area contributed by atoms with Crippen LogP contribution in [0, 0.1) is 21.8 Å². The van der Waals surface area contributed by atoms with Crippen LogP contribution in [-0.4, -0.2) is 29.0 Å². The number of hydrogen-bond donors (Lipinski definition) is 1. The van der Waals surface area contributed by atoms with Gasteiger partial charge in [0.2, 0.25) is 5.82 Å². The second kappa shape index (κ2) is 5.63. The Balaban J connectivity index is 2.07. The molecule has 6 heteroatoms. The summed E-state index contributed by atoms with van der Waals surface area (Å²) < 4.78 is 13.5. The lowest BCUT2D eigenvalue weighted by Gasteiger charge is -2.34. The molecule has 1 aromatic rings. The summed E-state index contributed by atoms with van der Waals surface area (Å²) >= 11 is 0. The Morgan fingerprint density at radius 3 is 2.84 bits per heavy atom. The van der Waals surface area contributed by atoms with E-state index in [0.29, 0.717) is 12.5 Å². The van der Waals surface area contributed by atoms with Gasteiger partial charge in [0.1, 0.15) is 0 Å². The molecule has 0 aliphatic carbocycles. The Bertz CT molecular complexity index is 471. The van der Waals surface area contributed by atoms with E-state index in [1.807, 2.05) is 0 Å². The molecule has 2 atom stereocenters. The molecular formula is C13H18FN3O2. The molecular weight excluding hydrogens is 249 g/mol. The summed E-state index contributed by atoms with van der Waals surface area (Å²) in [5, 5.41) is 10.5. The summed E-state index contributed by atoms with van der Waals surface area (Å²) in [6.07, 6.45) is 1.01. The number of hydrogen-bond acceptors (Lipinski definition) is 4. The van der Waals surface area contributed by atoms with Gasteiger partial charge in [0.25, 0.3) is 0 Å². The van der Waals surface area contributed by atoms with Crippen LogP contribution in [0.1, 0.15) is 18.9 Å². The Morgan fingerprint density at radius 1 is 1.53 bits per heavy atom. The summed E-state index contributed by atoms with van der Waals surface area (Å²) in [5.41, 5.74) is 6.22. The van der Waals surface area contributed by atoms with E-state index in [-0.39, 0.29) is 6.04 Å². The predicted octanol–water partition coefficient (Wildman–Crippen LogP) is 1.90. The van der Waals surface area contributed by atoms with Crippen molar-refractivity contribution in [2.75, 3.05) is 13.1 Å². The van der Waals surface area contributed by atoms with Crippen LogP contribution in [0.2, 0.25) is 0 Å². The van der Waals surface area contributed by atoms with Crippen LogP contribution in [0.25, 0.3) is 0 Å². The van der Waals surface area contributed by atoms with Crippen molar-refractivity contribution in [2.45, 2.75) is 25.9 Å². The van der Waals surface area contributed by atoms with E-state index in [0.717, 1.165) is 25.1 Å². The van der Waals surface area contributed by atoms with E-state index in [1.165, 1.54) is 12.1 Å². The quantitative estimate of drug-likeness (QED) is 0.670. The molecule has 0 amide bonds. The van der Waals surface area contributed by atoms with Gasteiger partial charge in [-0.15, -0.1) is 0 Å². The van der Waals surface area contributed by atoms with Gasteiger partial charge < -0.3 is 5.73 Å². The SMILES string of the molecule is CC1CC(N)CN(Cc2ccc([N+](=O)[O-])c(F)c2)C1. The van der Waals surface area contributed by atoms with Crippen molar-refractivity contribution in [3.63, 3.8) is 0 Å². The van der Waals surface area contributed by atoms with Crippen LogP contribution in [0.15, 0.2) is 18.2 Å². The monoisotopic (exact) mass is 267 g/mol. The number of nitro benzene ring substituents is 1. The zero-order valence-corrected chi connectivity index (χ0v) is 10.9. The minimum absolute atomic E-state index is 0.145. The number of halogens is 1. The maximum atomic E-state index is 13.5. The fraction of sp³-hybridized carbons (Fsp3) is 0.538.